The third-order valence-electron chi connectivity index (χ3n) is 3.64. The molecule has 1 amide bonds. The Kier molecular flexibility index (Phi) is 3.74. The van der Waals surface area contributed by atoms with Gasteiger partial charge in [0.2, 0.25) is 0 Å². The molecule has 1 heterocycles. The lowest BCUT2D eigenvalue weighted by molar-refractivity contribution is 0.100. The topological polar surface area (TPSA) is 60.9 Å². The van der Waals surface area contributed by atoms with E-state index in [1.54, 1.807) is 10.9 Å². The summed E-state index contributed by atoms with van der Waals surface area (Å²) in [6.45, 7) is 2.11. The number of rotatable bonds is 4. The summed E-state index contributed by atoms with van der Waals surface area (Å²) in [5, 5.41) is 4.54. The minimum atomic E-state index is -0.475. The van der Waals surface area contributed by atoms with Gasteiger partial charge in [0.25, 0.3) is 5.91 Å². The number of nitrogens with zero attached hydrogens (tertiary/aromatic N) is 2. The number of nitrogens with two attached hydrogens (primary N) is 1. The van der Waals surface area contributed by atoms with E-state index in [-0.39, 0.29) is 0 Å². The summed E-state index contributed by atoms with van der Waals surface area (Å²) in [7, 11) is 0. The Labute approximate surface area is 129 Å². The molecule has 0 fully saturated rings. The Morgan fingerprint density at radius 1 is 1.09 bits per heavy atom. The second-order valence-electron chi connectivity index (χ2n) is 5.09. The zero-order valence-electron chi connectivity index (χ0n) is 12.4. The summed E-state index contributed by atoms with van der Waals surface area (Å²) in [4.78, 5) is 11.7. The van der Waals surface area contributed by atoms with Gasteiger partial charge in [0.05, 0.1) is 11.3 Å². The molecule has 0 bridgehead atoms. The van der Waals surface area contributed by atoms with Gasteiger partial charge in [0.1, 0.15) is 5.69 Å². The van der Waals surface area contributed by atoms with Gasteiger partial charge >= 0.3 is 0 Å². The maximum Gasteiger partial charge on any atom is 0.252 e. The number of amides is 1. The van der Waals surface area contributed by atoms with Crippen molar-refractivity contribution in [3.8, 4) is 16.9 Å². The minimum Gasteiger partial charge on any atom is -0.365 e. The Balaban J connectivity index is 2.09. The Hall–Kier alpha value is -2.88. The molecule has 0 radical (unpaired) electrons. The van der Waals surface area contributed by atoms with E-state index in [1.165, 1.54) is 5.56 Å². The lowest BCUT2D eigenvalue weighted by Crippen LogP contribution is -2.11. The summed E-state index contributed by atoms with van der Waals surface area (Å²) in [5.41, 5.74) is 9.56. The summed E-state index contributed by atoms with van der Waals surface area (Å²) in [5.74, 6) is -0.475. The van der Waals surface area contributed by atoms with Crippen LogP contribution in [0.25, 0.3) is 16.9 Å². The molecule has 2 aromatic carbocycles. The Morgan fingerprint density at radius 3 is 2.36 bits per heavy atom. The molecule has 22 heavy (non-hydrogen) atoms. The van der Waals surface area contributed by atoms with Crippen LogP contribution < -0.4 is 5.73 Å². The van der Waals surface area contributed by atoms with Gasteiger partial charge in [0, 0.05) is 11.8 Å². The lowest BCUT2D eigenvalue weighted by atomic mass is 10.0. The SMILES string of the molecule is CCc1ccc(-c2nn(-c3ccccc3)cc2C(N)=O)cc1. The third-order valence-corrected chi connectivity index (χ3v) is 3.64. The number of benzene rings is 2. The normalized spacial score (nSPS) is 10.6. The summed E-state index contributed by atoms with van der Waals surface area (Å²) in [6, 6.07) is 17.7. The van der Waals surface area contributed by atoms with Crippen molar-refractivity contribution in [3.63, 3.8) is 0 Å². The molecule has 110 valence electrons. The predicted octanol–water partition coefficient (Wildman–Crippen LogP) is 3.20. The molecular weight excluding hydrogens is 274 g/mol. The molecule has 4 heteroatoms. The van der Waals surface area contributed by atoms with Crippen molar-refractivity contribution in [2.75, 3.05) is 0 Å². The first-order valence-corrected chi connectivity index (χ1v) is 7.23. The van der Waals surface area contributed by atoms with Crippen LogP contribution in [0.3, 0.4) is 0 Å². The highest BCUT2D eigenvalue weighted by Crippen LogP contribution is 2.24. The first-order valence-electron chi connectivity index (χ1n) is 7.23. The summed E-state index contributed by atoms with van der Waals surface area (Å²) >= 11 is 0. The molecule has 0 saturated carbocycles. The van der Waals surface area contributed by atoms with E-state index in [9.17, 15) is 4.79 Å². The molecule has 2 N–H and O–H groups in total. The highest BCUT2D eigenvalue weighted by molar-refractivity contribution is 5.98. The average molecular weight is 291 g/mol. The molecule has 3 aromatic rings. The van der Waals surface area contributed by atoms with E-state index in [0.29, 0.717) is 11.3 Å². The van der Waals surface area contributed by atoms with Crippen LogP contribution >= 0.6 is 0 Å². The first-order chi connectivity index (χ1) is 10.7. The summed E-state index contributed by atoms with van der Waals surface area (Å²) < 4.78 is 1.68. The Morgan fingerprint density at radius 2 is 1.77 bits per heavy atom. The second-order valence-corrected chi connectivity index (χ2v) is 5.09. The van der Waals surface area contributed by atoms with Crippen molar-refractivity contribution in [3.05, 3.63) is 71.9 Å². The van der Waals surface area contributed by atoms with E-state index in [1.807, 2.05) is 54.6 Å². The fourth-order valence-corrected chi connectivity index (χ4v) is 2.38. The van der Waals surface area contributed by atoms with Crippen LogP contribution in [-0.2, 0) is 6.42 Å². The largest absolute Gasteiger partial charge is 0.365 e. The monoisotopic (exact) mass is 291 g/mol. The van der Waals surface area contributed by atoms with E-state index in [2.05, 4.69) is 12.0 Å². The molecule has 3 rings (SSSR count). The third kappa shape index (κ3) is 2.63. The van der Waals surface area contributed by atoms with Gasteiger partial charge in [-0.1, -0.05) is 49.4 Å². The quantitative estimate of drug-likeness (QED) is 0.802. The molecule has 0 aliphatic rings. The van der Waals surface area contributed by atoms with Gasteiger partial charge in [-0.15, -0.1) is 0 Å². The number of hydrogen-bond donors (Lipinski definition) is 1. The lowest BCUT2D eigenvalue weighted by Gasteiger charge is -2.02. The number of primary amides is 1. The fourth-order valence-electron chi connectivity index (χ4n) is 2.38. The van der Waals surface area contributed by atoms with E-state index in [4.69, 9.17) is 5.73 Å². The number of carbonyl (C=O) groups is 1. The zero-order valence-corrected chi connectivity index (χ0v) is 12.4. The molecule has 4 nitrogen and oxygen atoms in total. The van der Waals surface area contributed by atoms with Gasteiger partial charge in [-0.2, -0.15) is 5.10 Å². The van der Waals surface area contributed by atoms with Crippen LogP contribution in [0.4, 0.5) is 0 Å². The predicted molar refractivity (Wildman–Crippen MR) is 86.9 cm³/mol. The van der Waals surface area contributed by atoms with Crippen LogP contribution in [-0.4, -0.2) is 15.7 Å². The highest BCUT2D eigenvalue weighted by atomic mass is 16.1. The van der Waals surface area contributed by atoms with Crippen molar-refractivity contribution >= 4 is 5.91 Å². The molecule has 0 unspecified atom stereocenters. The van der Waals surface area contributed by atoms with Crippen molar-refractivity contribution < 1.29 is 4.79 Å². The highest BCUT2D eigenvalue weighted by Gasteiger charge is 2.16. The van der Waals surface area contributed by atoms with Crippen molar-refractivity contribution in [2.45, 2.75) is 13.3 Å². The number of hydrogen-bond acceptors (Lipinski definition) is 2. The molecule has 0 aliphatic heterocycles. The molecule has 1 aromatic heterocycles. The maximum atomic E-state index is 11.7. The van der Waals surface area contributed by atoms with E-state index < -0.39 is 5.91 Å². The standard InChI is InChI=1S/C18H17N3O/c1-2-13-8-10-14(11-9-13)17-16(18(19)22)12-21(20-17)15-6-4-3-5-7-15/h3-12H,2H2,1H3,(H2,19,22). The number of carbonyl (C=O) groups excluding carboxylic acids is 1. The van der Waals surface area contributed by atoms with Gasteiger partial charge < -0.3 is 5.73 Å². The second kappa shape index (κ2) is 5.85. The maximum absolute atomic E-state index is 11.7. The minimum absolute atomic E-state index is 0.424. The first kappa shape index (κ1) is 14.1. The van der Waals surface area contributed by atoms with Crippen molar-refractivity contribution in [2.24, 2.45) is 5.73 Å². The van der Waals surface area contributed by atoms with Crippen LogP contribution in [0.15, 0.2) is 60.8 Å². The molecule has 0 atom stereocenters. The number of para-hydroxylation sites is 1. The van der Waals surface area contributed by atoms with Crippen LogP contribution in [0.1, 0.15) is 22.8 Å². The molecule has 0 saturated heterocycles. The van der Waals surface area contributed by atoms with E-state index >= 15 is 0 Å². The Bertz CT molecular complexity index is 789. The van der Waals surface area contributed by atoms with Gasteiger partial charge in [-0.05, 0) is 24.1 Å². The van der Waals surface area contributed by atoms with Gasteiger partial charge in [0.15, 0.2) is 0 Å². The number of aryl methyl sites for hydroxylation is 1. The fraction of sp³-hybridized carbons (Fsp3) is 0.111. The van der Waals surface area contributed by atoms with E-state index in [0.717, 1.165) is 17.7 Å². The van der Waals surface area contributed by atoms with Crippen molar-refractivity contribution in [1.29, 1.82) is 0 Å². The molecular formula is C18H17N3O. The van der Waals surface area contributed by atoms with Crippen LogP contribution in [0.5, 0.6) is 0 Å². The molecule has 0 aliphatic carbocycles. The van der Waals surface area contributed by atoms with Gasteiger partial charge in [-0.25, -0.2) is 4.68 Å². The van der Waals surface area contributed by atoms with Crippen LogP contribution in [0.2, 0.25) is 0 Å². The average Bonchev–Trinajstić information content (AvgIpc) is 3.01. The van der Waals surface area contributed by atoms with Crippen molar-refractivity contribution in [1.82, 2.24) is 9.78 Å². The molecule has 0 spiro atoms. The van der Waals surface area contributed by atoms with Gasteiger partial charge in [-0.3, -0.25) is 4.79 Å². The number of aromatic nitrogens is 2. The summed E-state index contributed by atoms with van der Waals surface area (Å²) in [6.07, 6.45) is 2.65. The zero-order chi connectivity index (χ0) is 15.5. The smallest absolute Gasteiger partial charge is 0.252 e. The van der Waals surface area contributed by atoms with Crippen LogP contribution in [0, 0.1) is 0 Å².